The standard InChI is InChI=1S/C16H14FN3OS/c17-11-3-1-2-10(6-11)13-8-14(13)19-15(21)7-12-9-20-4-5-22-16(20)18-12/h1-6,9,13-14H,7-8H2,(H,19,21). The Morgan fingerprint density at radius 1 is 1.50 bits per heavy atom. The molecule has 0 bridgehead atoms. The fraction of sp³-hybridized carbons (Fsp3) is 0.250. The van der Waals surface area contributed by atoms with Crippen LogP contribution in [0.1, 0.15) is 23.6 Å². The van der Waals surface area contributed by atoms with Crippen LogP contribution in [-0.2, 0) is 11.2 Å². The van der Waals surface area contributed by atoms with Crippen LogP contribution in [0.3, 0.4) is 0 Å². The highest BCUT2D eigenvalue weighted by atomic mass is 32.1. The van der Waals surface area contributed by atoms with Crippen LogP contribution in [0.5, 0.6) is 0 Å². The quantitative estimate of drug-likeness (QED) is 0.805. The van der Waals surface area contributed by atoms with Gasteiger partial charge in [-0.05, 0) is 24.1 Å². The molecule has 1 aliphatic rings. The van der Waals surface area contributed by atoms with E-state index in [9.17, 15) is 9.18 Å². The van der Waals surface area contributed by atoms with Crippen molar-refractivity contribution in [2.24, 2.45) is 0 Å². The first-order valence-corrected chi connectivity index (χ1v) is 8.03. The molecule has 0 radical (unpaired) electrons. The summed E-state index contributed by atoms with van der Waals surface area (Å²) in [6, 6.07) is 6.70. The number of nitrogens with one attached hydrogen (secondary N) is 1. The Bertz CT molecular complexity index is 812. The van der Waals surface area contributed by atoms with Gasteiger partial charge in [0.1, 0.15) is 5.82 Å². The molecule has 22 heavy (non-hydrogen) atoms. The number of halogens is 1. The molecular weight excluding hydrogens is 301 g/mol. The predicted molar refractivity (Wildman–Crippen MR) is 82.5 cm³/mol. The van der Waals surface area contributed by atoms with Gasteiger partial charge >= 0.3 is 0 Å². The monoisotopic (exact) mass is 315 g/mol. The molecule has 6 heteroatoms. The Labute approximate surface area is 130 Å². The number of nitrogens with zero attached hydrogens (tertiary/aromatic N) is 2. The first-order chi connectivity index (χ1) is 10.7. The first kappa shape index (κ1) is 13.5. The number of hydrogen-bond donors (Lipinski definition) is 1. The molecule has 0 aliphatic heterocycles. The Balaban J connectivity index is 1.36. The van der Waals surface area contributed by atoms with E-state index in [1.54, 1.807) is 23.5 Å². The summed E-state index contributed by atoms with van der Waals surface area (Å²) in [4.78, 5) is 17.4. The lowest BCUT2D eigenvalue weighted by atomic mass is 10.1. The second-order valence-corrected chi connectivity index (χ2v) is 6.45. The van der Waals surface area contributed by atoms with Crippen LogP contribution >= 0.6 is 11.3 Å². The van der Waals surface area contributed by atoms with Crippen molar-refractivity contribution < 1.29 is 9.18 Å². The summed E-state index contributed by atoms with van der Waals surface area (Å²) in [5, 5.41) is 4.96. The number of carbonyl (C=O) groups excluding carboxylic acids is 1. The number of rotatable bonds is 4. The van der Waals surface area contributed by atoms with E-state index in [1.807, 2.05) is 28.2 Å². The fourth-order valence-electron chi connectivity index (χ4n) is 2.74. The summed E-state index contributed by atoms with van der Waals surface area (Å²) in [5.41, 5.74) is 1.72. The highest BCUT2D eigenvalue weighted by Crippen LogP contribution is 2.40. The molecule has 112 valence electrons. The van der Waals surface area contributed by atoms with Crippen molar-refractivity contribution in [3.05, 3.63) is 59.1 Å². The summed E-state index contributed by atoms with van der Waals surface area (Å²) in [5.74, 6) is -0.0349. The predicted octanol–water partition coefficient (Wildman–Crippen LogP) is 2.75. The first-order valence-electron chi connectivity index (χ1n) is 7.15. The van der Waals surface area contributed by atoms with E-state index in [-0.39, 0.29) is 30.1 Å². The molecule has 1 amide bonds. The molecule has 2 heterocycles. The van der Waals surface area contributed by atoms with E-state index in [0.717, 1.165) is 22.6 Å². The van der Waals surface area contributed by atoms with Gasteiger partial charge in [0.05, 0.1) is 12.1 Å². The smallest absolute Gasteiger partial charge is 0.226 e. The summed E-state index contributed by atoms with van der Waals surface area (Å²) >= 11 is 1.55. The molecule has 1 aromatic carbocycles. The van der Waals surface area contributed by atoms with Crippen molar-refractivity contribution in [1.82, 2.24) is 14.7 Å². The average molecular weight is 315 g/mol. The summed E-state index contributed by atoms with van der Waals surface area (Å²) in [6.45, 7) is 0. The third-order valence-corrected chi connectivity index (χ3v) is 4.67. The van der Waals surface area contributed by atoms with Crippen molar-refractivity contribution in [3.63, 3.8) is 0 Å². The van der Waals surface area contributed by atoms with Crippen LogP contribution in [-0.4, -0.2) is 21.3 Å². The van der Waals surface area contributed by atoms with Gasteiger partial charge in [-0.1, -0.05) is 12.1 Å². The zero-order chi connectivity index (χ0) is 15.1. The van der Waals surface area contributed by atoms with Gasteiger partial charge in [-0.25, -0.2) is 9.37 Å². The number of imidazole rings is 1. The van der Waals surface area contributed by atoms with E-state index in [0.29, 0.717) is 0 Å². The van der Waals surface area contributed by atoms with Gasteiger partial charge < -0.3 is 5.32 Å². The van der Waals surface area contributed by atoms with Crippen LogP contribution in [0.25, 0.3) is 4.96 Å². The molecule has 1 N–H and O–H groups in total. The Morgan fingerprint density at radius 2 is 2.41 bits per heavy atom. The van der Waals surface area contributed by atoms with E-state index < -0.39 is 0 Å². The van der Waals surface area contributed by atoms with Crippen LogP contribution in [0.15, 0.2) is 42.0 Å². The summed E-state index contributed by atoms with van der Waals surface area (Å²) < 4.78 is 15.1. The molecule has 3 aromatic rings. The van der Waals surface area contributed by atoms with E-state index in [2.05, 4.69) is 10.3 Å². The van der Waals surface area contributed by atoms with Gasteiger partial charge in [0, 0.05) is 29.7 Å². The van der Waals surface area contributed by atoms with E-state index >= 15 is 0 Å². The lowest BCUT2D eigenvalue weighted by Crippen LogP contribution is -2.28. The second kappa shape index (κ2) is 5.21. The van der Waals surface area contributed by atoms with Crippen molar-refractivity contribution >= 4 is 22.2 Å². The minimum atomic E-state index is -0.229. The van der Waals surface area contributed by atoms with Crippen LogP contribution < -0.4 is 5.32 Å². The van der Waals surface area contributed by atoms with E-state index in [1.165, 1.54) is 6.07 Å². The number of amides is 1. The maximum atomic E-state index is 13.2. The zero-order valence-corrected chi connectivity index (χ0v) is 12.5. The Hall–Kier alpha value is -2.21. The lowest BCUT2D eigenvalue weighted by molar-refractivity contribution is -0.120. The van der Waals surface area contributed by atoms with Crippen molar-refractivity contribution in [2.45, 2.75) is 24.8 Å². The zero-order valence-electron chi connectivity index (χ0n) is 11.7. The van der Waals surface area contributed by atoms with Gasteiger partial charge in [-0.3, -0.25) is 9.20 Å². The van der Waals surface area contributed by atoms with Gasteiger partial charge in [-0.2, -0.15) is 0 Å². The summed E-state index contributed by atoms with van der Waals surface area (Å²) in [7, 11) is 0. The SMILES string of the molecule is O=C(Cc1cn2ccsc2n1)NC1CC1c1cccc(F)c1. The molecular formula is C16H14FN3OS. The van der Waals surface area contributed by atoms with Crippen LogP contribution in [0.2, 0.25) is 0 Å². The molecule has 0 spiro atoms. The van der Waals surface area contributed by atoms with Crippen molar-refractivity contribution in [3.8, 4) is 0 Å². The van der Waals surface area contributed by atoms with Gasteiger partial charge in [0.25, 0.3) is 0 Å². The van der Waals surface area contributed by atoms with E-state index in [4.69, 9.17) is 0 Å². The third-order valence-electron chi connectivity index (χ3n) is 3.90. The maximum absolute atomic E-state index is 13.2. The molecule has 2 atom stereocenters. The normalized spacial score (nSPS) is 20.2. The van der Waals surface area contributed by atoms with Crippen LogP contribution in [0.4, 0.5) is 4.39 Å². The fourth-order valence-corrected chi connectivity index (χ4v) is 3.46. The maximum Gasteiger partial charge on any atom is 0.226 e. The molecule has 1 saturated carbocycles. The van der Waals surface area contributed by atoms with Gasteiger partial charge in [0.2, 0.25) is 5.91 Å². The number of thiazole rings is 1. The number of hydrogen-bond acceptors (Lipinski definition) is 3. The largest absolute Gasteiger partial charge is 0.352 e. The average Bonchev–Trinajstić information content (AvgIpc) is 2.91. The number of aromatic nitrogens is 2. The molecule has 1 aliphatic carbocycles. The number of carbonyl (C=O) groups is 1. The number of fused-ring (bicyclic) bond motifs is 1. The summed E-state index contributed by atoms with van der Waals surface area (Å²) in [6.07, 6.45) is 4.95. The van der Waals surface area contributed by atoms with Gasteiger partial charge in [-0.15, -0.1) is 11.3 Å². The molecule has 4 rings (SSSR count). The third kappa shape index (κ3) is 2.62. The minimum Gasteiger partial charge on any atom is -0.352 e. The molecule has 2 aromatic heterocycles. The molecule has 0 saturated heterocycles. The molecule has 4 nitrogen and oxygen atoms in total. The minimum absolute atomic E-state index is 0.0327. The Kier molecular flexibility index (Phi) is 3.18. The lowest BCUT2D eigenvalue weighted by Gasteiger charge is -2.04. The second-order valence-electron chi connectivity index (χ2n) is 5.57. The highest BCUT2D eigenvalue weighted by molar-refractivity contribution is 7.15. The molecule has 1 fully saturated rings. The van der Waals surface area contributed by atoms with Crippen molar-refractivity contribution in [1.29, 1.82) is 0 Å². The van der Waals surface area contributed by atoms with Crippen LogP contribution in [0, 0.1) is 5.82 Å². The topological polar surface area (TPSA) is 46.4 Å². The Morgan fingerprint density at radius 3 is 3.23 bits per heavy atom. The van der Waals surface area contributed by atoms with Gasteiger partial charge in [0.15, 0.2) is 4.96 Å². The van der Waals surface area contributed by atoms with Crippen molar-refractivity contribution in [2.75, 3.05) is 0 Å². The highest BCUT2D eigenvalue weighted by Gasteiger charge is 2.39. The number of benzene rings is 1. The molecule has 2 unspecified atom stereocenters.